The van der Waals surface area contributed by atoms with Crippen LogP contribution in [0.2, 0.25) is 0 Å². The lowest BCUT2D eigenvalue weighted by atomic mass is 10.1. The van der Waals surface area contributed by atoms with Gasteiger partial charge in [-0.1, -0.05) is 0 Å². The van der Waals surface area contributed by atoms with E-state index >= 15 is 0 Å². The van der Waals surface area contributed by atoms with Crippen molar-refractivity contribution in [2.45, 2.75) is 6.92 Å². The Balaban J connectivity index is 2.26. The first-order valence-electron chi connectivity index (χ1n) is 5.71. The van der Waals surface area contributed by atoms with Crippen LogP contribution in [0.1, 0.15) is 16.1 Å². The quantitative estimate of drug-likeness (QED) is 0.654. The first-order chi connectivity index (χ1) is 9.51. The third-order valence-electron chi connectivity index (χ3n) is 2.57. The summed E-state index contributed by atoms with van der Waals surface area (Å²) in [7, 11) is 1.57. The molecule has 1 heterocycles. The average Bonchev–Trinajstić information content (AvgIpc) is 2.83. The predicted molar refractivity (Wildman–Crippen MR) is 71.8 cm³/mol. The van der Waals surface area contributed by atoms with Crippen molar-refractivity contribution in [2.24, 2.45) is 0 Å². The number of carbonyl (C=O) groups excluding carboxylic acids is 1. The van der Waals surface area contributed by atoms with Crippen molar-refractivity contribution < 1.29 is 14.1 Å². The molecule has 0 spiro atoms. The Labute approximate surface area is 114 Å². The number of nitrogens with zero attached hydrogens (tertiary/aromatic N) is 2. The minimum Gasteiger partial charge on any atom is -0.432 e. The van der Waals surface area contributed by atoms with Crippen LogP contribution in [-0.2, 0) is 0 Å². The lowest BCUT2D eigenvalue weighted by molar-refractivity contribution is -0.384. The largest absolute Gasteiger partial charge is 0.432 e. The number of rotatable bonds is 4. The molecule has 0 atom stereocenters. The number of amides is 1. The van der Waals surface area contributed by atoms with Gasteiger partial charge in [0.05, 0.1) is 10.6 Å². The molecule has 1 amide bonds. The summed E-state index contributed by atoms with van der Waals surface area (Å²) in [5, 5.41) is 16.0. The number of carbonyl (C=O) groups is 1. The maximum atomic E-state index is 11.9. The highest BCUT2D eigenvalue weighted by Gasteiger charge is 2.17. The van der Waals surface area contributed by atoms with E-state index in [4.69, 9.17) is 4.42 Å². The summed E-state index contributed by atoms with van der Waals surface area (Å²) in [5.41, 5.74) is 0.922. The second-order valence-corrected chi connectivity index (χ2v) is 3.99. The number of benzene rings is 1. The number of hydrogen-bond donors (Lipinski definition) is 2. The highest BCUT2D eigenvalue weighted by molar-refractivity contribution is 6.04. The first-order valence-corrected chi connectivity index (χ1v) is 5.71. The van der Waals surface area contributed by atoms with Crippen LogP contribution >= 0.6 is 0 Å². The Morgan fingerprint density at radius 1 is 1.45 bits per heavy atom. The van der Waals surface area contributed by atoms with Gasteiger partial charge in [0, 0.05) is 18.7 Å². The molecule has 2 aromatic rings. The molecule has 1 aromatic carbocycles. The summed E-state index contributed by atoms with van der Waals surface area (Å²) >= 11 is 0. The lowest BCUT2D eigenvalue weighted by Gasteiger charge is -2.05. The van der Waals surface area contributed by atoms with Gasteiger partial charge in [-0.25, -0.2) is 0 Å². The van der Waals surface area contributed by atoms with Gasteiger partial charge in [0.1, 0.15) is 12.0 Å². The number of nitro benzene ring substituents is 1. The van der Waals surface area contributed by atoms with E-state index < -0.39 is 10.8 Å². The molecule has 8 nitrogen and oxygen atoms in total. The number of hydrogen-bond acceptors (Lipinski definition) is 6. The SMILES string of the molecule is CNc1ccc(C(=O)Nc2nc(C)co2)cc1[N+](=O)[O-]. The third-order valence-corrected chi connectivity index (χ3v) is 2.57. The smallest absolute Gasteiger partial charge is 0.301 e. The molecule has 0 fully saturated rings. The van der Waals surface area contributed by atoms with Gasteiger partial charge in [-0.15, -0.1) is 0 Å². The Morgan fingerprint density at radius 3 is 2.75 bits per heavy atom. The maximum Gasteiger partial charge on any atom is 0.301 e. The molecule has 0 aliphatic rings. The number of aryl methyl sites for hydroxylation is 1. The molecule has 0 saturated carbocycles. The van der Waals surface area contributed by atoms with Crippen LogP contribution in [0.5, 0.6) is 0 Å². The van der Waals surface area contributed by atoms with Crippen LogP contribution in [0, 0.1) is 17.0 Å². The molecular formula is C12H12N4O4. The van der Waals surface area contributed by atoms with Gasteiger partial charge in [0.25, 0.3) is 11.6 Å². The topological polar surface area (TPSA) is 110 Å². The molecular weight excluding hydrogens is 264 g/mol. The van der Waals surface area contributed by atoms with E-state index in [0.29, 0.717) is 11.4 Å². The molecule has 0 bridgehead atoms. The molecule has 8 heteroatoms. The zero-order valence-electron chi connectivity index (χ0n) is 10.8. The number of aromatic nitrogens is 1. The van der Waals surface area contributed by atoms with E-state index in [1.54, 1.807) is 14.0 Å². The minimum absolute atomic E-state index is 0.0489. The van der Waals surface area contributed by atoms with Crippen molar-refractivity contribution in [1.82, 2.24) is 4.98 Å². The zero-order chi connectivity index (χ0) is 14.7. The normalized spacial score (nSPS) is 10.1. The summed E-state index contributed by atoms with van der Waals surface area (Å²) < 4.78 is 4.99. The van der Waals surface area contributed by atoms with Gasteiger partial charge in [-0.3, -0.25) is 20.2 Å². The highest BCUT2D eigenvalue weighted by atomic mass is 16.6. The highest BCUT2D eigenvalue weighted by Crippen LogP contribution is 2.25. The van der Waals surface area contributed by atoms with E-state index in [9.17, 15) is 14.9 Å². The van der Waals surface area contributed by atoms with Gasteiger partial charge in [0.15, 0.2) is 0 Å². The summed E-state index contributed by atoms with van der Waals surface area (Å²) in [6, 6.07) is 4.18. The van der Waals surface area contributed by atoms with Crippen molar-refractivity contribution >= 4 is 23.3 Å². The van der Waals surface area contributed by atoms with Crippen molar-refractivity contribution in [3.8, 4) is 0 Å². The zero-order valence-corrected chi connectivity index (χ0v) is 10.8. The molecule has 0 radical (unpaired) electrons. The van der Waals surface area contributed by atoms with Crippen LogP contribution in [-0.4, -0.2) is 22.9 Å². The Hall–Kier alpha value is -2.90. The van der Waals surface area contributed by atoms with Crippen LogP contribution in [0.25, 0.3) is 0 Å². The van der Waals surface area contributed by atoms with E-state index in [1.165, 1.54) is 24.5 Å². The van der Waals surface area contributed by atoms with Gasteiger partial charge in [-0.2, -0.15) is 4.98 Å². The Morgan fingerprint density at radius 2 is 2.20 bits per heavy atom. The molecule has 2 rings (SSSR count). The summed E-state index contributed by atoms with van der Waals surface area (Å²) in [5.74, 6) is -0.530. The molecule has 20 heavy (non-hydrogen) atoms. The number of oxazole rings is 1. The van der Waals surface area contributed by atoms with Crippen molar-refractivity contribution in [3.05, 3.63) is 45.8 Å². The Bertz CT molecular complexity index is 665. The van der Waals surface area contributed by atoms with E-state index in [1.807, 2.05) is 0 Å². The van der Waals surface area contributed by atoms with Crippen molar-refractivity contribution in [2.75, 3.05) is 17.7 Å². The second-order valence-electron chi connectivity index (χ2n) is 3.99. The number of nitro groups is 1. The van der Waals surface area contributed by atoms with Crippen LogP contribution in [0.4, 0.5) is 17.4 Å². The third kappa shape index (κ3) is 2.74. The molecule has 104 valence electrons. The van der Waals surface area contributed by atoms with Gasteiger partial charge in [-0.05, 0) is 19.1 Å². The van der Waals surface area contributed by atoms with Crippen LogP contribution < -0.4 is 10.6 Å². The average molecular weight is 276 g/mol. The predicted octanol–water partition coefficient (Wildman–Crippen LogP) is 2.19. The maximum absolute atomic E-state index is 11.9. The monoisotopic (exact) mass is 276 g/mol. The molecule has 1 aromatic heterocycles. The minimum atomic E-state index is -0.558. The second kappa shape index (κ2) is 5.39. The number of nitrogens with one attached hydrogen (secondary N) is 2. The molecule has 2 N–H and O–H groups in total. The first kappa shape index (κ1) is 13.5. The van der Waals surface area contributed by atoms with Gasteiger partial charge >= 0.3 is 6.01 Å². The fourth-order valence-electron chi connectivity index (χ4n) is 1.62. The standard InChI is InChI=1S/C12H12N4O4/c1-7-6-20-12(14-7)15-11(17)8-3-4-9(13-2)10(5-8)16(18)19/h3-6,13H,1-2H3,(H,14,15,17). The molecule has 0 saturated heterocycles. The van der Waals surface area contributed by atoms with Crippen molar-refractivity contribution in [3.63, 3.8) is 0 Å². The molecule has 0 aliphatic carbocycles. The summed E-state index contributed by atoms with van der Waals surface area (Å²) in [6.07, 6.45) is 1.39. The summed E-state index contributed by atoms with van der Waals surface area (Å²) in [6.45, 7) is 1.71. The fraction of sp³-hybridized carbons (Fsp3) is 0.167. The molecule has 0 unspecified atom stereocenters. The summed E-state index contributed by atoms with van der Waals surface area (Å²) in [4.78, 5) is 26.2. The lowest BCUT2D eigenvalue weighted by Crippen LogP contribution is -2.12. The van der Waals surface area contributed by atoms with Crippen LogP contribution in [0.15, 0.2) is 28.9 Å². The van der Waals surface area contributed by atoms with E-state index in [-0.39, 0.29) is 17.3 Å². The Kier molecular flexibility index (Phi) is 3.65. The van der Waals surface area contributed by atoms with Gasteiger partial charge < -0.3 is 9.73 Å². The molecule has 0 aliphatic heterocycles. The van der Waals surface area contributed by atoms with Crippen LogP contribution in [0.3, 0.4) is 0 Å². The van der Waals surface area contributed by atoms with E-state index in [2.05, 4.69) is 15.6 Å². The van der Waals surface area contributed by atoms with E-state index in [0.717, 1.165) is 0 Å². The van der Waals surface area contributed by atoms with Gasteiger partial charge in [0.2, 0.25) is 0 Å². The number of anilines is 2. The van der Waals surface area contributed by atoms with Crippen molar-refractivity contribution in [1.29, 1.82) is 0 Å². The fourth-order valence-corrected chi connectivity index (χ4v) is 1.62.